The van der Waals surface area contributed by atoms with Crippen LogP contribution in [0.4, 0.5) is 0 Å². The van der Waals surface area contributed by atoms with Gasteiger partial charge in [0.05, 0.1) is 0 Å². The van der Waals surface area contributed by atoms with Gasteiger partial charge in [-0.2, -0.15) is 0 Å². The van der Waals surface area contributed by atoms with Crippen LogP contribution < -0.4 is 11.5 Å². The highest BCUT2D eigenvalue weighted by Crippen LogP contribution is 2.07. The summed E-state index contributed by atoms with van der Waals surface area (Å²) in [5.74, 6) is 0. The summed E-state index contributed by atoms with van der Waals surface area (Å²) in [6.07, 6.45) is 2.23. The molecule has 0 atom stereocenters. The Morgan fingerprint density at radius 3 is 2.40 bits per heavy atom. The molecule has 0 rings (SSSR count). The molecule has 0 heterocycles. The van der Waals surface area contributed by atoms with E-state index in [0.717, 1.165) is 12.8 Å². The van der Waals surface area contributed by atoms with Crippen LogP contribution in [-0.2, 0) is 4.79 Å². The van der Waals surface area contributed by atoms with E-state index in [-0.39, 0.29) is 0 Å². The minimum absolute atomic E-state index is 0.450. The second kappa shape index (κ2) is 3.91. The zero-order valence-corrected chi connectivity index (χ0v) is 6.82. The molecule has 0 aliphatic carbocycles. The lowest BCUT2D eigenvalue weighted by Crippen LogP contribution is -2.54. The molecule has 0 saturated carbocycles. The monoisotopic (exact) mass is 164 g/mol. The van der Waals surface area contributed by atoms with Gasteiger partial charge in [-0.3, -0.25) is 4.79 Å². The Balaban J connectivity index is 3.75. The van der Waals surface area contributed by atoms with Gasteiger partial charge in [-0.05, 0) is 18.0 Å². The van der Waals surface area contributed by atoms with E-state index in [2.05, 4.69) is 0 Å². The Labute approximate surface area is 65.7 Å². The van der Waals surface area contributed by atoms with Crippen LogP contribution in [0.2, 0.25) is 0 Å². The minimum Gasteiger partial charge on any atom is -0.306 e. The lowest BCUT2D eigenvalue weighted by molar-refractivity contribution is -0.116. The number of hydrogen-bond donors (Lipinski definition) is 2. The van der Waals surface area contributed by atoms with Crippen molar-refractivity contribution in [2.24, 2.45) is 11.5 Å². The first kappa shape index (κ1) is 9.88. The molecule has 0 aromatic rings. The molecule has 0 spiro atoms. The number of nitrogens with two attached hydrogens (primary N) is 2. The van der Waals surface area contributed by atoms with Crippen LogP contribution in [-0.4, -0.2) is 10.9 Å². The number of rotatable bonds is 4. The Morgan fingerprint density at radius 1 is 1.60 bits per heavy atom. The summed E-state index contributed by atoms with van der Waals surface area (Å²) in [4.78, 5) is 10.5. The van der Waals surface area contributed by atoms with E-state index in [1.165, 1.54) is 0 Å². The second-order valence-corrected chi connectivity index (χ2v) is 2.76. The number of carbonyl (C=O) groups excluding carboxylic acids is 1. The molecule has 0 aromatic carbocycles. The van der Waals surface area contributed by atoms with Gasteiger partial charge in [0.25, 0.3) is 5.24 Å². The van der Waals surface area contributed by atoms with E-state index in [9.17, 15) is 4.79 Å². The van der Waals surface area contributed by atoms with E-state index in [4.69, 9.17) is 23.1 Å². The van der Waals surface area contributed by atoms with Gasteiger partial charge in [-0.25, -0.2) is 0 Å². The molecule has 0 aliphatic rings. The Kier molecular flexibility index (Phi) is 3.86. The van der Waals surface area contributed by atoms with Gasteiger partial charge in [-0.15, -0.1) is 0 Å². The van der Waals surface area contributed by atoms with Gasteiger partial charge in [0.2, 0.25) is 0 Å². The molecular weight excluding hydrogens is 152 g/mol. The molecule has 0 aromatic heterocycles. The van der Waals surface area contributed by atoms with Crippen molar-refractivity contribution in [2.75, 3.05) is 0 Å². The highest BCUT2D eigenvalue weighted by Gasteiger charge is 2.25. The van der Waals surface area contributed by atoms with Crippen LogP contribution in [0.5, 0.6) is 0 Å². The Morgan fingerprint density at radius 2 is 2.10 bits per heavy atom. The summed E-state index contributed by atoms with van der Waals surface area (Å²) in [6, 6.07) is 0. The number of unbranched alkanes of at least 4 members (excludes halogenated alkanes) is 1. The standard InChI is InChI=1S/C6H13ClN2O/c1-2-3-4-6(8,9)5(7)10/h2-4,8-9H2,1H3. The van der Waals surface area contributed by atoms with Gasteiger partial charge in [-0.1, -0.05) is 19.8 Å². The zero-order valence-electron chi connectivity index (χ0n) is 6.06. The molecule has 0 fully saturated rings. The smallest absolute Gasteiger partial charge is 0.255 e. The molecule has 0 aliphatic heterocycles. The van der Waals surface area contributed by atoms with E-state index in [0.29, 0.717) is 6.42 Å². The van der Waals surface area contributed by atoms with Crippen LogP contribution in [0, 0.1) is 0 Å². The van der Waals surface area contributed by atoms with Crippen LogP contribution in [0.25, 0.3) is 0 Å². The van der Waals surface area contributed by atoms with E-state index in [1.54, 1.807) is 0 Å². The maximum absolute atomic E-state index is 10.5. The fourth-order valence-corrected chi connectivity index (χ4v) is 0.662. The van der Waals surface area contributed by atoms with Gasteiger partial charge in [0.15, 0.2) is 0 Å². The third kappa shape index (κ3) is 3.15. The molecule has 0 bridgehead atoms. The highest BCUT2D eigenvalue weighted by atomic mass is 35.5. The molecule has 60 valence electrons. The molecule has 0 unspecified atom stereocenters. The highest BCUT2D eigenvalue weighted by molar-refractivity contribution is 6.65. The van der Waals surface area contributed by atoms with Gasteiger partial charge in [0.1, 0.15) is 5.66 Å². The second-order valence-electron chi connectivity index (χ2n) is 2.42. The molecular formula is C6H13ClN2O. The normalized spacial score (nSPS) is 11.6. The lowest BCUT2D eigenvalue weighted by Gasteiger charge is -2.18. The average molecular weight is 165 g/mol. The average Bonchev–Trinajstić information content (AvgIpc) is 1.84. The first-order chi connectivity index (χ1) is 4.50. The van der Waals surface area contributed by atoms with Crippen LogP contribution in [0.3, 0.4) is 0 Å². The third-order valence-corrected chi connectivity index (χ3v) is 1.66. The van der Waals surface area contributed by atoms with Gasteiger partial charge in [0, 0.05) is 0 Å². The number of carbonyl (C=O) groups is 1. The summed E-state index contributed by atoms with van der Waals surface area (Å²) in [5.41, 5.74) is 9.36. The fraction of sp³-hybridized carbons (Fsp3) is 0.833. The maximum Gasteiger partial charge on any atom is 0.255 e. The molecule has 0 saturated heterocycles. The Bertz CT molecular complexity index is 125. The molecule has 0 radical (unpaired) electrons. The van der Waals surface area contributed by atoms with Crippen LogP contribution in [0.1, 0.15) is 26.2 Å². The van der Waals surface area contributed by atoms with Crippen molar-refractivity contribution in [2.45, 2.75) is 31.8 Å². The van der Waals surface area contributed by atoms with Crippen molar-refractivity contribution in [1.82, 2.24) is 0 Å². The van der Waals surface area contributed by atoms with E-state index < -0.39 is 10.9 Å². The van der Waals surface area contributed by atoms with Crippen molar-refractivity contribution >= 4 is 16.8 Å². The number of halogens is 1. The molecule has 4 N–H and O–H groups in total. The minimum atomic E-state index is -1.32. The van der Waals surface area contributed by atoms with Crippen molar-refractivity contribution in [3.05, 3.63) is 0 Å². The summed E-state index contributed by atoms with van der Waals surface area (Å²) in [6.45, 7) is 1.99. The third-order valence-electron chi connectivity index (χ3n) is 1.31. The van der Waals surface area contributed by atoms with E-state index >= 15 is 0 Å². The SMILES string of the molecule is CCCCC(N)(N)C(=O)Cl. The molecule has 10 heavy (non-hydrogen) atoms. The van der Waals surface area contributed by atoms with Crippen molar-refractivity contribution in [3.63, 3.8) is 0 Å². The van der Waals surface area contributed by atoms with Crippen LogP contribution in [0.15, 0.2) is 0 Å². The molecule has 0 amide bonds. The molecule has 4 heteroatoms. The van der Waals surface area contributed by atoms with E-state index in [1.807, 2.05) is 6.92 Å². The van der Waals surface area contributed by atoms with Crippen molar-refractivity contribution in [1.29, 1.82) is 0 Å². The predicted octanol–water partition coefficient (Wildman–Crippen LogP) is 0.556. The number of hydrogen-bond acceptors (Lipinski definition) is 3. The summed E-state index contributed by atoms with van der Waals surface area (Å²) >= 11 is 5.12. The summed E-state index contributed by atoms with van der Waals surface area (Å²) < 4.78 is 0. The lowest BCUT2D eigenvalue weighted by atomic mass is 10.1. The fourth-order valence-electron chi connectivity index (χ4n) is 0.568. The largest absolute Gasteiger partial charge is 0.306 e. The maximum atomic E-state index is 10.5. The van der Waals surface area contributed by atoms with Gasteiger partial charge < -0.3 is 11.5 Å². The van der Waals surface area contributed by atoms with Crippen LogP contribution >= 0.6 is 11.6 Å². The summed E-state index contributed by atoms with van der Waals surface area (Å²) in [7, 11) is 0. The zero-order chi connectivity index (χ0) is 8.20. The Hall–Kier alpha value is -0.120. The predicted molar refractivity (Wildman–Crippen MR) is 41.5 cm³/mol. The first-order valence-corrected chi connectivity index (χ1v) is 3.66. The first-order valence-electron chi connectivity index (χ1n) is 3.28. The molecule has 3 nitrogen and oxygen atoms in total. The topological polar surface area (TPSA) is 69.1 Å². The van der Waals surface area contributed by atoms with Gasteiger partial charge >= 0.3 is 0 Å². The quantitative estimate of drug-likeness (QED) is 0.471. The van der Waals surface area contributed by atoms with Crippen molar-refractivity contribution < 1.29 is 4.79 Å². The van der Waals surface area contributed by atoms with Crippen molar-refractivity contribution in [3.8, 4) is 0 Å². The summed E-state index contributed by atoms with van der Waals surface area (Å²) in [5, 5.41) is -0.666.